The van der Waals surface area contributed by atoms with Gasteiger partial charge in [-0.1, -0.05) is 5.16 Å². The number of nitrogens with two attached hydrogens (primary N) is 1. The zero-order valence-electron chi connectivity index (χ0n) is 13.4. The summed E-state index contributed by atoms with van der Waals surface area (Å²) in [4.78, 5) is 9.12. The minimum Gasteiger partial charge on any atom is -0.454 e. The normalized spacial score (nSPS) is 17.5. The standard InChI is InChI=1S/C17H16N4O3S/c18-17(4-1-5-17)16-20-14(24-21-16)7-11-8-25-15(19-11)10-2-3-12-13(6-10)23-9-22-12/h2-3,6,8H,1,4-5,7,9,18H2. The topological polar surface area (TPSA) is 96.3 Å². The van der Waals surface area contributed by atoms with Crippen molar-refractivity contribution in [3.05, 3.63) is 41.0 Å². The molecule has 0 unspecified atom stereocenters. The highest BCUT2D eigenvalue weighted by atomic mass is 32.1. The maximum absolute atomic E-state index is 6.23. The lowest BCUT2D eigenvalue weighted by molar-refractivity contribution is 0.174. The van der Waals surface area contributed by atoms with Crippen LogP contribution in [0.2, 0.25) is 0 Å². The summed E-state index contributed by atoms with van der Waals surface area (Å²) in [6.07, 6.45) is 3.45. The average molecular weight is 356 g/mol. The van der Waals surface area contributed by atoms with E-state index >= 15 is 0 Å². The van der Waals surface area contributed by atoms with Crippen molar-refractivity contribution >= 4 is 11.3 Å². The first-order chi connectivity index (χ1) is 12.2. The van der Waals surface area contributed by atoms with Crippen molar-refractivity contribution in [1.29, 1.82) is 0 Å². The van der Waals surface area contributed by atoms with E-state index in [0.717, 1.165) is 47.0 Å². The summed E-state index contributed by atoms with van der Waals surface area (Å²) in [7, 11) is 0. The lowest BCUT2D eigenvalue weighted by Crippen LogP contribution is -2.44. The summed E-state index contributed by atoms with van der Waals surface area (Å²) < 4.78 is 16.1. The Labute approximate surface area is 147 Å². The molecule has 5 rings (SSSR count). The maximum atomic E-state index is 6.23. The number of benzene rings is 1. The third-order valence-electron chi connectivity index (χ3n) is 4.66. The highest BCUT2D eigenvalue weighted by Gasteiger charge is 2.39. The van der Waals surface area contributed by atoms with Crippen molar-refractivity contribution in [2.24, 2.45) is 5.73 Å². The highest BCUT2D eigenvalue weighted by Crippen LogP contribution is 2.38. The molecule has 1 fully saturated rings. The molecule has 0 spiro atoms. The minimum absolute atomic E-state index is 0.268. The summed E-state index contributed by atoms with van der Waals surface area (Å²) >= 11 is 1.57. The van der Waals surface area contributed by atoms with Crippen molar-refractivity contribution in [2.75, 3.05) is 6.79 Å². The summed E-state index contributed by atoms with van der Waals surface area (Å²) in [5, 5.41) is 6.97. The number of aromatic nitrogens is 3. The van der Waals surface area contributed by atoms with E-state index in [4.69, 9.17) is 19.7 Å². The van der Waals surface area contributed by atoms with Crippen LogP contribution in [0.1, 0.15) is 36.7 Å². The molecule has 25 heavy (non-hydrogen) atoms. The molecule has 0 amide bonds. The average Bonchev–Trinajstić information content (AvgIpc) is 3.32. The van der Waals surface area contributed by atoms with Crippen LogP contribution in [0.5, 0.6) is 11.5 Å². The fourth-order valence-electron chi connectivity index (χ4n) is 3.02. The van der Waals surface area contributed by atoms with Gasteiger partial charge in [-0.25, -0.2) is 4.98 Å². The van der Waals surface area contributed by atoms with Crippen LogP contribution in [0, 0.1) is 0 Å². The molecule has 0 atom stereocenters. The smallest absolute Gasteiger partial charge is 0.232 e. The number of ether oxygens (including phenoxy) is 2. The zero-order chi connectivity index (χ0) is 16.9. The molecule has 1 aliphatic heterocycles. The Bertz CT molecular complexity index is 932. The molecule has 2 aromatic heterocycles. The van der Waals surface area contributed by atoms with Crippen LogP contribution in [0.25, 0.3) is 10.6 Å². The highest BCUT2D eigenvalue weighted by molar-refractivity contribution is 7.13. The van der Waals surface area contributed by atoms with Gasteiger partial charge >= 0.3 is 0 Å². The van der Waals surface area contributed by atoms with Gasteiger partial charge in [-0.3, -0.25) is 0 Å². The van der Waals surface area contributed by atoms with E-state index in [1.165, 1.54) is 0 Å². The zero-order valence-corrected chi connectivity index (χ0v) is 14.2. The molecule has 3 heterocycles. The quantitative estimate of drug-likeness (QED) is 0.768. The van der Waals surface area contributed by atoms with Crippen LogP contribution < -0.4 is 15.2 Å². The SMILES string of the molecule is NC1(c2noc(Cc3csc(-c4ccc5c(c4)OCO5)n3)n2)CCC1. The second kappa shape index (κ2) is 5.53. The van der Waals surface area contributed by atoms with Crippen LogP contribution >= 0.6 is 11.3 Å². The fraction of sp³-hybridized carbons (Fsp3) is 0.353. The van der Waals surface area contributed by atoms with E-state index < -0.39 is 5.54 Å². The third kappa shape index (κ3) is 2.58. The molecule has 1 saturated carbocycles. The molecule has 1 aromatic carbocycles. The van der Waals surface area contributed by atoms with Crippen molar-refractivity contribution in [2.45, 2.75) is 31.2 Å². The number of rotatable bonds is 4. The van der Waals surface area contributed by atoms with Crippen LogP contribution in [0.3, 0.4) is 0 Å². The van der Waals surface area contributed by atoms with Gasteiger partial charge in [0.25, 0.3) is 0 Å². The molecule has 3 aromatic rings. The Hall–Kier alpha value is -2.45. The monoisotopic (exact) mass is 356 g/mol. The van der Waals surface area contributed by atoms with E-state index in [9.17, 15) is 0 Å². The van der Waals surface area contributed by atoms with E-state index in [0.29, 0.717) is 18.1 Å². The molecular formula is C17H16N4O3S. The van der Waals surface area contributed by atoms with E-state index in [2.05, 4.69) is 15.1 Å². The second-order valence-electron chi connectivity index (χ2n) is 6.41. The molecule has 0 saturated heterocycles. The molecule has 7 nitrogen and oxygen atoms in total. The number of thiazole rings is 1. The first-order valence-corrected chi connectivity index (χ1v) is 9.04. The van der Waals surface area contributed by atoms with Crippen molar-refractivity contribution in [3.63, 3.8) is 0 Å². The molecule has 2 aliphatic rings. The molecule has 128 valence electrons. The fourth-order valence-corrected chi connectivity index (χ4v) is 3.83. The number of hydrogen-bond donors (Lipinski definition) is 1. The van der Waals surface area contributed by atoms with E-state index in [1.807, 2.05) is 23.6 Å². The van der Waals surface area contributed by atoms with Gasteiger partial charge in [-0.2, -0.15) is 4.98 Å². The third-order valence-corrected chi connectivity index (χ3v) is 5.60. The van der Waals surface area contributed by atoms with Gasteiger partial charge < -0.3 is 19.7 Å². The predicted octanol–water partition coefficient (Wildman–Crippen LogP) is 2.85. The van der Waals surface area contributed by atoms with Gasteiger partial charge in [0.2, 0.25) is 12.7 Å². The lowest BCUT2D eigenvalue weighted by Gasteiger charge is -2.34. The summed E-state index contributed by atoms with van der Waals surface area (Å²) in [6, 6.07) is 5.84. The van der Waals surface area contributed by atoms with Crippen molar-refractivity contribution < 1.29 is 14.0 Å². The molecular weight excluding hydrogens is 340 g/mol. The van der Waals surface area contributed by atoms with Crippen LogP contribution in [0.4, 0.5) is 0 Å². The molecule has 0 bridgehead atoms. The Balaban J connectivity index is 1.35. The van der Waals surface area contributed by atoms with Gasteiger partial charge in [0.1, 0.15) is 5.01 Å². The summed E-state index contributed by atoms with van der Waals surface area (Å²) in [5.74, 6) is 2.68. The number of fused-ring (bicyclic) bond motifs is 1. The summed E-state index contributed by atoms with van der Waals surface area (Å²) in [5.41, 5.74) is 7.73. The van der Waals surface area contributed by atoms with Crippen molar-refractivity contribution in [3.8, 4) is 22.1 Å². The number of nitrogens with zero attached hydrogens (tertiary/aromatic N) is 3. The van der Waals surface area contributed by atoms with Crippen LogP contribution in [-0.2, 0) is 12.0 Å². The van der Waals surface area contributed by atoms with Crippen LogP contribution in [-0.4, -0.2) is 21.9 Å². The van der Waals surface area contributed by atoms with Crippen LogP contribution in [0.15, 0.2) is 28.1 Å². The molecule has 0 radical (unpaired) electrons. The Kier molecular flexibility index (Phi) is 3.29. The second-order valence-corrected chi connectivity index (χ2v) is 7.27. The predicted molar refractivity (Wildman–Crippen MR) is 90.5 cm³/mol. The Morgan fingerprint density at radius 2 is 2.04 bits per heavy atom. The van der Waals surface area contributed by atoms with Gasteiger partial charge in [0.15, 0.2) is 17.3 Å². The molecule has 8 heteroatoms. The minimum atomic E-state index is -0.401. The van der Waals surface area contributed by atoms with E-state index in [1.54, 1.807) is 11.3 Å². The van der Waals surface area contributed by atoms with E-state index in [-0.39, 0.29) is 6.79 Å². The maximum Gasteiger partial charge on any atom is 0.232 e. The Morgan fingerprint density at radius 1 is 1.16 bits per heavy atom. The van der Waals surface area contributed by atoms with Gasteiger partial charge in [0, 0.05) is 10.9 Å². The lowest BCUT2D eigenvalue weighted by atomic mass is 9.77. The largest absolute Gasteiger partial charge is 0.454 e. The molecule has 1 aliphatic carbocycles. The first-order valence-electron chi connectivity index (χ1n) is 8.16. The van der Waals surface area contributed by atoms with Gasteiger partial charge in [-0.05, 0) is 37.5 Å². The molecule has 2 N–H and O–H groups in total. The van der Waals surface area contributed by atoms with Crippen molar-refractivity contribution in [1.82, 2.24) is 15.1 Å². The number of hydrogen-bond acceptors (Lipinski definition) is 8. The Morgan fingerprint density at radius 3 is 2.88 bits per heavy atom. The van der Waals surface area contributed by atoms with Gasteiger partial charge in [-0.15, -0.1) is 11.3 Å². The first kappa shape index (κ1) is 14.9. The summed E-state index contributed by atoms with van der Waals surface area (Å²) in [6.45, 7) is 0.268. The van der Waals surface area contributed by atoms with Gasteiger partial charge in [0.05, 0.1) is 17.7 Å².